The number of hydrogen-bond acceptors (Lipinski definition) is 3. The monoisotopic (exact) mass is 293 g/mol. The number of hydrogen-bond donors (Lipinski definition) is 2. The van der Waals surface area contributed by atoms with Crippen LogP contribution >= 0.6 is 0 Å². The highest BCUT2D eigenvalue weighted by Gasteiger charge is 2.25. The Morgan fingerprint density at radius 1 is 1.48 bits per heavy atom. The number of carbonyl (C=O) groups excluding carboxylic acids is 2. The van der Waals surface area contributed by atoms with Crippen LogP contribution in [0.25, 0.3) is 0 Å². The number of rotatable bonds is 4. The van der Waals surface area contributed by atoms with Gasteiger partial charge >= 0.3 is 0 Å². The standard InChI is InChI=1S/C15H20FN3O2/c1-10-4-5-13(12(16)7-10)18-14(20)9-19-6-2-3-11(8-19)15(17)21/h4-5,7,11H,2-3,6,8-9H2,1H3,(H2,17,21)(H,18,20)/t11-/m0/s1. The Hall–Kier alpha value is -1.95. The molecule has 3 N–H and O–H groups in total. The van der Waals surface area contributed by atoms with Crippen molar-refractivity contribution in [2.75, 3.05) is 25.0 Å². The first kappa shape index (κ1) is 15.4. The molecule has 1 saturated heterocycles. The van der Waals surface area contributed by atoms with E-state index in [9.17, 15) is 14.0 Å². The van der Waals surface area contributed by atoms with Crippen LogP contribution in [0.3, 0.4) is 0 Å². The number of primary amides is 1. The van der Waals surface area contributed by atoms with Crippen LogP contribution in [0, 0.1) is 18.7 Å². The van der Waals surface area contributed by atoms with Crippen molar-refractivity contribution in [1.29, 1.82) is 0 Å². The van der Waals surface area contributed by atoms with Crippen molar-refractivity contribution in [3.05, 3.63) is 29.6 Å². The third-order valence-electron chi connectivity index (χ3n) is 3.67. The van der Waals surface area contributed by atoms with Gasteiger partial charge in [0.2, 0.25) is 11.8 Å². The summed E-state index contributed by atoms with van der Waals surface area (Å²) in [4.78, 5) is 25.0. The summed E-state index contributed by atoms with van der Waals surface area (Å²) in [6.45, 7) is 3.15. The minimum absolute atomic E-state index is 0.136. The molecule has 1 aliphatic rings. The number of nitrogens with zero attached hydrogens (tertiary/aromatic N) is 1. The van der Waals surface area contributed by atoms with E-state index in [0.29, 0.717) is 6.54 Å². The molecule has 0 aliphatic carbocycles. The first-order valence-corrected chi connectivity index (χ1v) is 7.03. The minimum Gasteiger partial charge on any atom is -0.369 e. The lowest BCUT2D eigenvalue weighted by Crippen LogP contribution is -2.44. The topological polar surface area (TPSA) is 75.4 Å². The predicted octanol–water partition coefficient (Wildman–Crippen LogP) is 1.27. The predicted molar refractivity (Wildman–Crippen MR) is 78.1 cm³/mol. The lowest BCUT2D eigenvalue weighted by atomic mass is 9.97. The molecule has 21 heavy (non-hydrogen) atoms. The van der Waals surface area contributed by atoms with Crippen LogP contribution in [0.4, 0.5) is 10.1 Å². The van der Waals surface area contributed by atoms with Gasteiger partial charge in [-0.1, -0.05) is 6.07 Å². The molecule has 2 rings (SSSR count). The fourth-order valence-corrected chi connectivity index (χ4v) is 2.55. The average Bonchev–Trinajstić information content (AvgIpc) is 2.42. The van der Waals surface area contributed by atoms with Gasteiger partial charge in [-0.2, -0.15) is 0 Å². The van der Waals surface area contributed by atoms with Crippen LogP contribution in [-0.2, 0) is 9.59 Å². The fourth-order valence-electron chi connectivity index (χ4n) is 2.55. The maximum absolute atomic E-state index is 13.7. The van der Waals surface area contributed by atoms with Crippen molar-refractivity contribution in [1.82, 2.24) is 4.90 Å². The quantitative estimate of drug-likeness (QED) is 0.878. The summed E-state index contributed by atoms with van der Waals surface area (Å²) in [6.07, 6.45) is 1.60. The number of nitrogens with two attached hydrogens (primary N) is 1. The fraction of sp³-hybridized carbons (Fsp3) is 0.467. The Morgan fingerprint density at radius 2 is 2.24 bits per heavy atom. The molecule has 1 aliphatic heterocycles. The molecule has 0 unspecified atom stereocenters. The molecule has 1 atom stereocenters. The van der Waals surface area contributed by atoms with E-state index < -0.39 is 5.82 Å². The summed E-state index contributed by atoms with van der Waals surface area (Å²) in [5.74, 6) is -1.27. The highest BCUT2D eigenvalue weighted by molar-refractivity contribution is 5.92. The van der Waals surface area contributed by atoms with E-state index in [0.717, 1.165) is 24.9 Å². The van der Waals surface area contributed by atoms with E-state index in [2.05, 4.69) is 5.32 Å². The molecule has 0 saturated carbocycles. The van der Waals surface area contributed by atoms with Crippen LogP contribution in [0.1, 0.15) is 18.4 Å². The number of likely N-dealkylation sites (tertiary alicyclic amines) is 1. The van der Waals surface area contributed by atoms with E-state index in [1.165, 1.54) is 6.07 Å². The molecule has 0 spiro atoms. The van der Waals surface area contributed by atoms with Gasteiger partial charge in [-0.05, 0) is 44.0 Å². The zero-order valence-electron chi connectivity index (χ0n) is 12.1. The van der Waals surface area contributed by atoms with Crippen LogP contribution in [0.15, 0.2) is 18.2 Å². The van der Waals surface area contributed by atoms with Crippen LogP contribution in [-0.4, -0.2) is 36.3 Å². The van der Waals surface area contributed by atoms with E-state index in [-0.39, 0.29) is 30.0 Å². The molecule has 2 amide bonds. The number of halogens is 1. The Balaban J connectivity index is 1.91. The second-order valence-corrected chi connectivity index (χ2v) is 5.51. The molecule has 0 aromatic heterocycles. The number of amides is 2. The van der Waals surface area contributed by atoms with Crippen molar-refractivity contribution in [2.24, 2.45) is 11.7 Å². The van der Waals surface area contributed by atoms with Gasteiger partial charge in [0.25, 0.3) is 0 Å². The molecule has 1 aromatic rings. The lowest BCUT2D eigenvalue weighted by Gasteiger charge is -2.30. The third-order valence-corrected chi connectivity index (χ3v) is 3.67. The van der Waals surface area contributed by atoms with E-state index in [4.69, 9.17) is 5.73 Å². The normalized spacial score (nSPS) is 19.2. The van der Waals surface area contributed by atoms with Gasteiger partial charge in [-0.15, -0.1) is 0 Å². The van der Waals surface area contributed by atoms with Gasteiger partial charge in [-0.3, -0.25) is 14.5 Å². The number of anilines is 1. The van der Waals surface area contributed by atoms with E-state index >= 15 is 0 Å². The second-order valence-electron chi connectivity index (χ2n) is 5.51. The summed E-state index contributed by atoms with van der Waals surface area (Å²) < 4.78 is 13.7. The molecular weight excluding hydrogens is 273 g/mol. The van der Waals surface area contributed by atoms with Gasteiger partial charge in [0.1, 0.15) is 5.82 Å². The van der Waals surface area contributed by atoms with Crippen molar-refractivity contribution >= 4 is 17.5 Å². The Morgan fingerprint density at radius 3 is 2.90 bits per heavy atom. The van der Waals surface area contributed by atoms with Crippen molar-refractivity contribution < 1.29 is 14.0 Å². The van der Waals surface area contributed by atoms with E-state index in [1.54, 1.807) is 19.1 Å². The molecule has 1 aromatic carbocycles. The Kier molecular flexibility index (Phi) is 4.90. The van der Waals surface area contributed by atoms with Crippen molar-refractivity contribution in [2.45, 2.75) is 19.8 Å². The van der Waals surface area contributed by atoms with Gasteiger partial charge in [0, 0.05) is 6.54 Å². The highest BCUT2D eigenvalue weighted by Crippen LogP contribution is 2.17. The molecular formula is C15H20FN3O2. The summed E-state index contributed by atoms with van der Waals surface area (Å²) >= 11 is 0. The lowest BCUT2D eigenvalue weighted by molar-refractivity contribution is -0.125. The number of nitrogens with one attached hydrogen (secondary N) is 1. The second kappa shape index (κ2) is 6.67. The summed E-state index contributed by atoms with van der Waals surface area (Å²) in [5.41, 5.74) is 6.27. The van der Waals surface area contributed by atoms with Gasteiger partial charge in [0.15, 0.2) is 0 Å². The molecule has 5 nitrogen and oxygen atoms in total. The first-order valence-electron chi connectivity index (χ1n) is 7.03. The number of piperidine rings is 1. The zero-order chi connectivity index (χ0) is 15.4. The SMILES string of the molecule is Cc1ccc(NC(=O)CN2CCC[C@H](C(N)=O)C2)c(F)c1. The van der Waals surface area contributed by atoms with Crippen LogP contribution < -0.4 is 11.1 Å². The van der Waals surface area contributed by atoms with Gasteiger partial charge in [-0.25, -0.2) is 4.39 Å². The minimum atomic E-state index is -0.447. The Labute approximate surface area is 123 Å². The number of aryl methyl sites for hydroxylation is 1. The smallest absolute Gasteiger partial charge is 0.238 e. The molecule has 0 bridgehead atoms. The Bertz CT molecular complexity index is 548. The summed E-state index contributed by atoms with van der Waals surface area (Å²) in [6, 6.07) is 4.66. The number of carbonyl (C=O) groups is 2. The summed E-state index contributed by atoms with van der Waals surface area (Å²) in [5, 5.41) is 2.56. The van der Waals surface area contributed by atoms with Crippen molar-refractivity contribution in [3.8, 4) is 0 Å². The summed E-state index contributed by atoms with van der Waals surface area (Å²) in [7, 11) is 0. The van der Waals surface area contributed by atoms with Crippen LogP contribution in [0.5, 0.6) is 0 Å². The first-order chi connectivity index (χ1) is 9.95. The van der Waals surface area contributed by atoms with Gasteiger partial charge < -0.3 is 11.1 Å². The maximum atomic E-state index is 13.7. The molecule has 114 valence electrons. The van der Waals surface area contributed by atoms with Crippen molar-refractivity contribution in [3.63, 3.8) is 0 Å². The maximum Gasteiger partial charge on any atom is 0.238 e. The average molecular weight is 293 g/mol. The van der Waals surface area contributed by atoms with Gasteiger partial charge in [0.05, 0.1) is 18.2 Å². The molecule has 0 radical (unpaired) electrons. The largest absolute Gasteiger partial charge is 0.369 e. The molecule has 1 heterocycles. The zero-order valence-corrected chi connectivity index (χ0v) is 12.1. The molecule has 1 fully saturated rings. The third kappa shape index (κ3) is 4.26. The number of benzene rings is 1. The van der Waals surface area contributed by atoms with Crippen LogP contribution in [0.2, 0.25) is 0 Å². The van der Waals surface area contributed by atoms with E-state index in [1.807, 2.05) is 4.90 Å². The molecule has 6 heteroatoms. The highest BCUT2D eigenvalue weighted by atomic mass is 19.1.